The van der Waals surface area contributed by atoms with Crippen molar-refractivity contribution in [3.63, 3.8) is 0 Å². The zero-order valence-electron chi connectivity index (χ0n) is 14.5. The molecule has 0 spiro atoms. The van der Waals surface area contributed by atoms with Gasteiger partial charge >= 0.3 is 5.97 Å². The molecular weight excluding hydrogens is 292 g/mol. The Hall–Kier alpha value is -1.71. The maximum Gasteiger partial charge on any atom is 0.335 e. The van der Waals surface area contributed by atoms with E-state index < -0.39 is 5.97 Å². The third-order valence-corrected chi connectivity index (χ3v) is 3.66. The van der Waals surface area contributed by atoms with Gasteiger partial charge in [-0.3, -0.25) is 0 Å². The Balaban J connectivity index is 2.54. The van der Waals surface area contributed by atoms with Gasteiger partial charge in [0.15, 0.2) is 0 Å². The Morgan fingerprint density at radius 2 is 1.30 bits per heavy atom. The van der Waals surface area contributed by atoms with E-state index >= 15 is 0 Å². The minimum absolute atomic E-state index is 0.208. The number of carboxylic acids is 1. The summed E-state index contributed by atoms with van der Waals surface area (Å²) in [7, 11) is 0. The van der Waals surface area contributed by atoms with Crippen molar-refractivity contribution >= 4 is 5.97 Å². The van der Waals surface area contributed by atoms with Gasteiger partial charge in [0.1, 0.15) is 11.5 Å². The molecule has 1 aromatic rings. The van der Waals surface area contributed by atoms with E-state index in [9.17, 15) is 9.90 Å². The lowest BCUT2D eigenvalue weighted by Crippen LogP contribution is -2.03. The van der Waals surface area contributed by atoms with Gasteiger partial charge in [0, 0.05) is 6.07 Å². The first-order chi connectivity index (χ1) is 11.2. The van der Waals surface area contributed by atoms with Crippen LogP contribution in [0.25, 0.3) is 0 Å². The van der Waals surface area contributed by atoms with Gasteiger partial charge in [-0.05, 0) is 25.0 Å². The molecule has 0 radical (unpaired) electrons. The zero-order valence-corrected chi connectivity index (χ0v) is 14.5. The maximum absolute atomic E-state index is 11.2. The summed E-state index contributed by atoms with van der Waals surface area (Å²) in [5.41, 5.74) is 0.208. The molecule has 1 N–H and O–H groups in total. The fourth-order valence-corrected chi connectivity index (χ4v) is 2.30. The van der Waals surface area contributed by atoms with Crippen molar-refractivity contribution < 1.29 is 19.4 Å². The van der Waals surface area contributed by atoms with Crippen LogP contribution in [-0.2, 0) is 0 Å². The Bertz CT molecular complexity index is 424. The van der Waals surface area contributed by atoms with E-state index in [1.807, 2.05) is 0 Å². The third-order valence-electron chi connectivity index (χ3n) is 3.66. The lowest BCUT2D eigenvalue weighted by atomic mass is 10.2. The first kappa shape index (κ1) is 19.3. The lowest BCUT2D eigenvalue weighted by molar-refractivity contribution is 0.0695. The number of carboxylic acid groups (broad SMARTS) is 1. The van der Waals surface area contributed by atoms with Gasteiger partial charge in [-0.25, -0.2) is 4.79 Å². The van der Waals surface area contributed by atoms with Crippen LogP contribution < -0.4 is 9.47 Å². The van der Waals surface area contributed by atoms with Crippen LogP contribution in [0.15, 0.2) is 18.2 Å². The van der Waals surface area contributed by atoms with Crippen LogP contribution in [0.5, 0.6) is 11.5 Å². The summed E-state index contributed by atoms with van der Waals surface area (Å²) in [5, 5.41) is 9.21. The molecule has 0 heterocycles. The number of benzene rings is 1. The molecule has 1 aromatic carbocycles. The molecule has 0 aliphatic carbocycles. The average Bonchev–Trinajstić information content (AvgIpc) is 2.54. The summed E-state index contributed by atoms with van der Waals surface area (Å²) >= 11 is 0. The second kappa shape index (κ2) is 11.8. The normalized spacial score (nSPS) is 10.5. The topological polar surface area (TPSA) is 55.8 Å². The molecule has 130 valence electrons. The maximum atomic E-state index is 11.2. The molecule has 0 saturated carbocycles. The number of hydrogen-bond donors (Lipinski definition) is 1. The highest BCUT2D eigenvalue weighted by atomic mass is 16.5. The van der Waals surface area contributed by atoms with Gasteiger partial charge in [-0.15, -0.1) is 0 Å². The molecule has 0 aromatic heterocycles. The summed E-state index contributed by atoms with van der Waals surface area (Å²) in [6, 6.07) is 4.91. The molecule has 4 heteroatoms. The van der Waals surface area contributed by atoms with Crippen molar-refractivity contribution in [2.24, 2.45) is 0 Å². The highest BCUT2D eigenvalue weighted by molar-refractivity contribution is 5.88. The van der Waals surface area contributed by atoms with Gasteiger partial charge in [-0.1, -0.05) is 52.4 Å². The van der Waals surface area contributed by atoms with Gasteiger partial charge in [0.25, 0.3) is 0 Å². The number of rotatable bonds is 13. The van der Waals surface area contributed by atoms with Crippen LogP contribution in [0, 0.1) is 0 Å². The second-order valence-corrected chi connectivity index (χ2v) is 5.82. The standard InChI is InChI=1S/C19H30O4/c1-3-5-7-9-11-22-17-13-16(19(20)21)14-18(15-17)23-12-10-8-6-4-2/h13-15H,3-12H2,1-2H3,(H,20,21). The largest absolute Gasteiger partial charge is 0.493 e. The van der Waals surface area contributed by atoms with Gasteiger partial charge in [0.05, 0.1) is 18.8 Å². The highest BCUT2D eigenvalue weighted by Gasteiger charge is 2.09. The zero-order chi connectivity index (χ0) is 16.9. The third kappa shape index (κ3) is 8.48. The lowest BCUT2D eigenvalue weighted by Gasteiger charge is -2.11. The van der Waals surface area contributed by atoms with Crippen molar-refractivity contribution in [2.45, 2.75) is 65.2 Å². The van der Waals surface area contributed by atoms with Gasteiger partial charge < -0.3 is 14.6 Å². The molecule has 0 fully saturated rings. The number of ether oxygens (including phenoxy) is 2. The van der Waals surface area contributed by atoms with Crippen molar-refractivity contribution in [3.05, 3.63) is 23.8 Å². The number of hydrogen-bond acceptors (Lipinski definition) is 3. The van der Waals surface area contributed by atoms with Crippen molar-refractivity contribution in [2.75, 3.05) is 13.2 Å². The first-order valence-electron chi connectivity index (χ1n) is 8.81. The van der Waals surface area contributed by atoms with Crippen molar-refractivity contribution in [3.8, 4) is 11.5 Å². The van der Waals surface area contributed by atoms with E-state index in [0.717, 1.165) is 25.7 Å². The molecule has 23 heavy (non-hydrogen) atoms. The van der Waals surface area contributed by atoms with E-state index in [2.05, 4.69) is 13.8 Å². The number of unbranched alkanes of at least 4 members (excludes halogenated alkanes) is 6. The van der Waals surface area contributed by atoms with E-state index in [0.29, 0.717) is 24.7 Å². The minimum Gasteiger partial charge on any atom is -0.493 e. The number of aromatic carboxylic acids is 1. The highest BCUT2D eigenvalue weighted by Crippen LogP contribution is 2.24. The SMILES string of the molecule is CCCCCCOc1cc(OCCCCCC)cc(C(=O)O)c1. The first-order valence-corrected chi connectivity index (χ1v) is 8.81. The van der Waals surface area contributed by atoms with E-state index in [1.165, 1.54) is 25.7 Å². The van der Waals surface area contributed by atoms with Gasteiger partial charge in [0.2, 0.25) is 0 Å². The molecule has 1 rings (SSSR count). The smallest absolute Gasteiger partial charge is 0.335 e. The Morgan fingerprint density at radius 1 is 0.826 bits per heavy atom. The minimum atomic E-state index is -0.961. The molecule has 0 aliphatic rings. The van der Waals surface area contributed by atoms with E-state index in [1.54, 1.807) is 18.2 Å². The van der Waals surface area contributed by atoms with Crippen molar-refractivity contribution in [1.82, 2.24) is 0 Å². The Kier molecular flexibility index (Phi) is 9.92. The van der Waals surface area contributed by atoms with Crippen molar-refractivity contribution in [1.29, 1.82) is 0 Å². The molecule has 0 amide bonds. The fraction of sp³-hybridized carbons (Fsp3) is 0.632. The molecule has 0 saturated heterocycles. The fourth-order valence-electron chi connectivity index (χ4n) is 2.30. The predicted octanol–water partition coefficient (Wildman–Crippen LogP) is 5.30. The van der Waals surface area contributed by atoms with E-state index in [4.69, 9.17) is 9.47 Å². The quantitative estimate of drug-likeness (QED) is 0.500. The summed E-state index contributed by atoms with van der Waals surface area (Å²) in [6.45, 7) is 5.56. The summed E-state index contributed by atoms with van der Waals surface area (Å²) in [4.78, 5) is 11.2. The van der Waals surface area contributed by atoms with Gasteiger partial charge in [-0.2, -0.15) is 0 Å². The summed E-state index contributed by atoms with van der Waals surface area (Å²) in [6.07, 6.45) is 9.01. The van der Waals surface area contributed by atoms with Crippen LogP contribution in [0.4, 0.5) is 0 Å². The Morgan fingerprint density at radius 3 is 1.70 bits per heavy atom. The molecule has 0 unspecified atom stereocenters. The molecular formula is C19H30O4. The van der Waals surface area contributed by atoms with Crippen LogP contribution in [0.1, 0.15) is 75.6 Å². The number of carbonyl (C=O) groups is 1. The molecule has 0 atom stereocenters. The second-order valence-electron chi connectivity index (χ2n) is 5.82. The van der Waals surface area contributed by atoms with E-state index in [-0.39, 0.29) is 5.56 Å². The summed E-state index contributed by atoms with van der Waals surface area (Å²) in [5.74, 6) is 0.187. The molecule has 4 nitrogen and oxygen atoms in total. The van der Waals surface area contributed by atoms with Crippen LogP contribution in [0.3, 0.4) is 0 Å². The van der Waals surface area contributed by atoms with Crippen LogP contribution >= 0.6 is 0 Å². The van der Waals surface area contributed by atoms with Crippen LogP contribution in [0.2, 0.25) is 0 Å². The van der Waals surface area contributed by atoms with Crippen LogP contribution in [-0.4, -0.2) is 24.3 Å². The Labute approximate surface area is 139 Å². The average molecular weight is 322 g/mol. The predicted molar refractivity (Wildman–Crippen MR) is 92.7 cm³/mol. The molecule has 0 aliphatic heterocycles. The summed E-state index contributed by atoms with van der Waals surface area (Å²) < 4.78 is 11.4. The molecule has 0 bridgehead atoms. The monoisotopic (exact) mass is 322 g/mol.